The van der Waals surface area contributed by atoms with Crippen molar-refractivity contribution < 1.29 is 0 Å². The summed E-state index contributed by atoms with van der Waals surface area (Å²) >= 11 is 4.55. The third-order valence-corrected chi connectivity index (χ3v) is 2.36. The minimum atomic E-state index is 0.295. The van der Waals surface area contributed by atoms with Crippen LogP contribution in [0.4, 0.5) is 0 Å². The van der Waals surface area contributed by atoms with Crippen molar-refractivity contribution in [2.24, 2.45) is 0 Å². The molecule has 0 aliphatic carbocycles. The van der Waals surface area contributed by atoms with Gasteiger partial charge in [0.1, 0.15) is 0 Å². The maximum Gasteiger partial charge on any atom is 0.0114 e. The van der Waals surface area contributed by atoms with Crippen molar-refractivity contribution in [2.75, 3.05) is 13.1 Å². The van der Waals surface area contributed by atoms with Crippen molar-refractivity contribution in [3.05, 3.63) is 0 Å². The van der Waals surface area contributed by atoms with Gasteiger partial charge in [-0.3, -0.25) is 0 Å². The summed E-state index contributed by atoms with van der Waals surface area (Å²) in [6.45, 7) is 4.54. The summed E-state index contributed by atoms with van der Waals surface area (Å²) in [5, 5.41) is 3.35. The van der Waals surface area contributed by atoms with Crippen LogP contribution in [0.25, 0.3) is 0 Å². The maximum atomic E-state index is 4.55. The van der Waals surface area contributed by atoms with Crippen LogP contribution in [-0.4, -0.2) is 17.8 Å². The Morgan fingerprint density at radius 1 is 1.33 bits per heavy atom. The Bertz CT molecular complexity index is 80.9. The Hall–Kier alpha value is 0.310. The summed E-state index contributed by atoms with van der Waals surface area (Å²) in [5.41, 5.74) is 0. The van der Waals surface area contributed by atoms with Gasteiger partial charge in [-0.1, -0.05) is 6.92 Å². The van der Waals surface area contributed by atoms with Crippen LogP contribution < -0.4 is 5.32 Å². The predicted molar refractivity (Wildman–Crippen MR) is 44.1 cm³/mol. The van der Waals surface area contributed by atoms with Crippen molar-refractivity contribution in [2.45, 2.75) is 30.9 Å². The molecule has 2 heteroatoms. The lowest BCUT2D eigenvalue weighted by atomic mass is 10.0. The van der Waals surface area contributed by atoms with Gasteiger partial charge in [-0.05, 0) is 32.4 Å². The van der Waals surface area contributed by atoms with E-state index in [4.69, 9.17) is 0 Å². The molecule has 0 radical (unpaired) electrons. The molecule has 9 heavy (non-hydrogen) atoms. The molecular formula is C7H15NS. The highest BCUT2D eigenvalue weighted by molar-refractivity contribution is 7.81. The number of rotatable bonds is 0. The van der Waals surface area contributed by atoms with Crippen molar-refractivity contribution in [3.8, 4) is 0 Å². The number of thiol groups is 1. The van der Waals surface area contributed by atoms with Crippen LogP contribution in [0.3, 0.4) is 0 Å². The Labute approximate surface area is 62.6 Å². The molecule has 0 aromatic carbocycles. The van der Waals surface area contributed by atoms with Gasteiger partial charge in [0.15, 0.2) is 0 Å². The number of nitrogens with one attached hydrogen (secondary N) is 1. The Kier molecular flexibility index (Phi) is 2.42. The summed E-state index contributed by atoms with van der Waals surface area (Å²) in [7, 11) is 0. The van der Waals surface area contributed by atoms with E-state index in [2.05, 4.69) is 24.9 Å². The smallest absolute Gasteiger partial charge is 0.0114 e. The standard InChI is InChI=1S/C7H15NS/c1-7(9)3-2-5-8-6-4-7/h8-9H,2-6H2,1H3. The van der Waals surface area contributed by atoms with Gasteiger partial charge in [-0.25, -0.2) is 0 Å². The number of hydrogen-bond donors (Lipinski definition) is 2. The van der Waals surface area contributed by atoms with E-state index < -0.39 is 0 Å². The molecule has 1 N–H and O–H groups in total. The molecule has 1 saturated heterocycles. The zero-order chi connectivity index (χ0) is 6.74. The van der Waals surface area contributed by atoms with Gasteiger partial charge in [-0.2, -0.15) is 12.6 Å². The second-order valence-electron chi connectivity index (χ2n) is 3.10. The highest BCUT2D eigenvalue weighted by Gasteiger charge is 2.19. The highest BCUT2D eigenvalue weighted by Crippen LogP contribution is 2.25. The third kappa shape index (κ3) is 2.59. The van der Waals surface area contributed by atoms with Gasteiger partial charge in [0.25, 0.3) is 0 Å². The topological polar surface area (TPSA) is 12.0 Å². The van der Waals surface area contributed by atoms with E-state index in [9.17, 15) is 0 Å². The molecule has 54 valence electrons. The van der Waals surface area contributed by atoms with E-state index in [1.807, 2.05) is 0 Å². The van der Waals surface area contributed by atoms with Crippen LogP contribution in [0.5, 0.6) is 0 Å². The summed E-state index contributed by atoms with van der Waals surface area (Å²) < 4.78 is 0.295. The molecule has 1 nitrogen and oxygen atoms in total. The van der Waals surface area contributed by atoms with Crippen molar-refractivity contribution >= 4 is 12.6 Å². The molecule has 1 aliphatic heterocycles. The lowest BCUT2D eigenvalue weighted by Crippen LogP contribution is -2.19. The van der Waals surface area contributed by atoms with Gasteiger partial charge >= 0.3 is 0 Å². The second-order valence-corrected chi connectivity index (χ2v) is 4.18. The van der Waals surface area contributed by atoms with E-state index >= 15 is 0 Å². The molecule has 0 amide bonds. The van der Waals surface area contributed by atoms with Crippen molar-refractivity contribution in [1.29, 1.82) is 0 Å². The quantitative estimate of drug-likeness (QED) is 0.492. The van der Waals surface area contributed by atoms with E-state index in [1.54, 1.807) is 0 Å². The molecule has 1 aliphatic rings. The van der Waals surface area contributed by atoms with Gasteiger partial charge in [0.05, 0.1) is 0 Å². The van der Waals surface area contributed by atoms with E-state index in [1.165, 1.54) is 25.8 Å². The maximum absolute atomic E-state index is 4.55. The molecule has 1 unspecified atom stereocenters. The fraction of sp³-hybridized carbons (Fsp3) is 1.00. The SMILES string of the molecule is CC1(S)CCCNCC1. The van der Waals surface area contributed by atoms with Crippen LogP contribution >= 0.6 is 12.6 Å². The predicted octanol–water partition coefficient (Wildman–Crippen LogP) is 1.45. The average molecular weight is 145 g/mol. The lowest BCUT2D eigenvalue weighted by molar-refractivity contribution is 0.576. The van der Waals surface area contributed by atoms with Crippen LogP contribution in [0, 0.1) is 0 Å². The fourth-order valence-corrected chi connectivity index (χ4v) is 1.47. The average Bonchev–Trinajstić information content (AvgIpc) is 1.92. The van der Waals surface area contributed by atoms with Crippen molar-refractivity contribution in [1.82, 2.24) is 5.32 Å². The normalized spacial score (nSPS) is 38.0. The first kappa shape index (κ1) is 7.42. The molecule has 1 fully saturated rings. The van der Waals surface area contributed by atoms with E-state index in [-0.39, 0.29) is 0 Å². The van der Waals surface area contributed by atoms with Crippen LogP contribution in [0.15, 0.2) is 0 Å². The highest BCUT2D eigenvalue weighted by atomic mass is 32.1. The lowest BCUT2D eigenvalue weighted by Gasteiger charge is -2.19. The summed E-state index contributed by atoms with van der Waals surface area (Å²) in [4.78, 5) is 0. The summed E-state index contributed by atoms with van der Waals surface area (Å²) in [6.07, 6.45) is 3.74. The monoisotopic (exact) mass is 145 g/mol. The molecule has 0 spiro atoms. The number of hydrogen-bond acceptors (Lipinski definition) is 2. The van der Waals surface area contributed by atoms with E-state index in [0.717, 1.165) is 6.54 Å². The molecule has 1 rings (SSSR count). The molecule has 1 heterocycles. The summed E-state index contributed by atoms with van der Waals surface area (Å²) in [6, 6.07) is 0. The van der Waals surface area contributed by atoms with Gasteiger partial charge < -0.3 is 5.32 Å². The van der Waals surface area contributed by atoms with Crippen LogP contribution in [0.1, 0.15) is 26.2 Å². The molecular weight excluding hydrogens is 130 g/mol. The minimum Gasteiger partial charge on any atom is -0.317 e. The Balaban J connectivity index is 2.36. The van der Waals surface area contributed by atoms with Crippen molar-refractivity contribution in [3.63, 3.8) is 0 Å². The molecule has 1 atom stereocenters. The second kappa shape index (κ2) is 2.93. The van der Waals surface area contributed by atoms with Gasteiger partial charge in [-0.15, -0.1) is 0 Å². The summed E-state index contributed by atoms with van der Waals surface area (Å²) in [5.74, 6) is 0. The molecule has 0 bridgehead atoms. The molecule has 0 aromatic heterocycles. The molecule has 0 saturated carbocycles. The zero-order valence-electron chi connectivity index (χ0n) is 5.98. The first-order valence-electron chi connectivity index (χ1n) is 3.64. The van der Waals surface area contributed by atoms with Crippen LogP contribution in [-0.2, 0) is 0 Å². The Morgan fingerprint density at radius 2 is 2.11 bits per heavy atom. The molecule has 0 aromatic rings. The van der Waals surface area contributed by atoms with Gasteiger partial charge in [0.2, 0.25) is 0 Å². The minimum absolute atomic E-state index is 0.295. The first-order chi connectivity index (χ1) is 4.21. The largest absolute Gasteiger partial charge is 0.317 e. The Morgan fingerprint density at radius 3 is 2.89 bits per heavy atom. The van der Waals surface area contributed by atoms with Crippen LogP contribution in [0.2, 0.25) is 0 Å². The zero-order valence-corrected chi connectivity index (χ0v) is 6.88. The van der Waals surface area contributed by atoms with E-state index in [0.29, 0.717) is 4.75 Å². The van der Waals surface area contributed by atoms with Gasteiger partial charge in [0, 0.05) is 4.75 Å². The fourth-order valence-electron chi connectivity index (χ4n) is 1.20. The third-order valence-electron chi connectivity index (χ3n) is 1.91. The first-order valence-corrected chi connectivity index (χ1v) is 4.09.